The van der Waals surface area contributed by atoms with Crippen LogP contribution in [0.1, 0.15) is 57.1 Å². The molecule has 118 valence electrons. The zero-order valence-electron chi connectivity index (χ0n) is 13.4. The summed E-state index contributed by atoms with van der Waals surface area (Å²) in [5, 5.41) is 3.64. The summed E-state index contributed by atoms with van der Waals surface area (Å²) in [6, 6.07) is 9.83. The summed E-state index contributed by atoms with van der Waals surface area (Å²) < 4.78 is 1.16. The molecule has 1 saturated carbocycles. The molecular formula is C18H29BrN2. The summed E-state index contributed by atoms with van der Waals surface area (Å²) in [7, 11) is 2.30. The van der Waals surface area contributed by atoms with Crippen molar-refractivity contribution in [2.24, 2.45) is 0 Å². The van der Waals surface area contributed by atoms with Gasteiger partial charge in [0.25, 0.3) is 0 Å². The molecule has 1 aromatic carbocycles. The molecule has 0 amide bonds. The zero-order valence-corrected chi connectivity index (χ0v) is 15.0. The molecule has 1 fully saturated rings. The Labute approximate surface area is 138 Å². The van der Waals surface area contributed by atoms with E-state index in [-0.39, 0.29) is 0 Å². The van der Waals surface area contributed by atoms with E-state index < -0.39 is 0 Å². The Kier molecular flexibility index (Phi) is 7.21. The molecule has 0 spiro atoms. The SMILES string of the molecule is CC(NCCCN(C)C1CCCCC1)c1cccc(Br)c1. The van der Waals surface area contributed by atoms with Crippen LogP contribution in [0.3, 0.4) is 0 Å². The van der Waals surface area contributed by atoms with E-state index in [1.54, 1.807) is 0 Å². The first-order chi connectivity index (χ1) is 10.2. The quantitative estimate of drug-likeness (QED) is 0.712. The van der Waals surface area contributed by atoms with Crippen LogP contribution in [0.2, 0.25) is 0 Å². The van der Waals surface area contributed by atoms with E-state index in [1.807, 2.05) is 0 Å². The van der Waals surface area contributed by atoms with Gasteiger partial charge in [-0.25, -0.2) is 0 Å². The van der Waals surface area contributed by atoms with Crippen molar-refractivity contribution >= 4 is 15.9 Å². The monoisotopic (exact) mass is 352 g/mol. The highest BCUT2D eigenvalue weighted by molar-refractivity contribution is 9.10. The normalized spacial score (nSPS) is 18.1. The van der Waals surface area contributed by atoms with Crippen LogP contribution in [-0.4, -0.2) is 31.1 Å². The van der Waals surface area contributed by atoms with Gasteiger partial charge in [0.15, 0.2) is 0 Å². The molecule has 0 saturated heterocycles. The molecule has 3 heteroatoms. The van der Waals surface area contributed by atoms with E-state index in [1.165, 1.54) is 50.6 Å². The third kappa shape index (κ3) is 5.72. The number of hydrogen-bond acceptors (Lipinski definition) is 2. The average molecular weight is 353 g/mol. The molecule has 2 rings (SSSR count). The lowest BCUT2D eigenvalue weighted by molar-refractivity contribution is 0.189. The highest BCUT2D eigenvalue weighted by atomic mass is 79.9. The lowest BCUT2D eigenvalue weighted by Crippen LogP contribution is -2.35. The minimum atomic E-state index is 0.419. The Morgan fingerprint density at radius 1 is 1.29 bits per heavy atom. The highest BCUT2D eigenvalue weighted by Gasteiger charge is 2.17. The van der Waals surface area contributed by atoms with Crippen LogP contribution in [0, 0.1) is 0 Å². The van der Waals surface area contributed by atoms with E-state index in [9.17, 15) is 0 Å². The molecule has 1 unspecified atom stereocenters. The minimum Gasteiger partial charge on any atom is -0.310 e. The standard InChI is InChI=1S/C18H29BrN2/c1-15(16-8-6-9-17(19)14-16)20-12-7-13-21(2)18-10-4-3-5-11-18/h6,8-9,14-15,18,20H,3-5,7,10-13H2,1-2H3. The Hall–Kier alpha value is -0.380. The Morgan fingerprint density at radius 3 is 2.76 bits per heavy atom. The van der Waals surface area contributed by atoms with Gasteiger partial charge in [0.05, 0.1) is 0 Å². The Balaban J connectivity index is 1.64. The smallest absolute Gasteiger partial charge is 0.0292 e. The summed E-state index contributed by atoms with van der Waals surface area (Å²) in [5.74, 6) is 0. The van der Waals surface area contributed by atoms with Crippen molar-refractivity contribution in [2.45, 2.75) is 57.5 Å². The fourth-order valence-corrected chi connectivity index (χ4v) is 3.66. The lowest BCUT2D eigenvalue weighted by Gasteiger charge is -2.31. The molecule has 2 nitrogen and oxygen atoms in total. The molecule has 1 aliphatic rings. The van der Waals surface area contributed by atoms with Gasteiger partial charge >= 0.3 is 0 Å². The summed E-state index contributed by atoms with van der Waals surface area (Å²) in [4.78, 5) is 2.57. The van der Waals surface area contributed by atoms with Gasteiger partial charge in [-0.3, -0.25) is 0 Å². The molecule has 0 radical (unpaired) electrons. The summed E-state index contributed by atoms with van der Waals surface area (Å²) >= 11 is 3.54. The van der Waals surface area contributed by atoms with Crippen molar-refractivity contribution in [3.8, 4) is 0 Å². The predicted octanol–water partition coefficient (Wildman–Crippen LogP) is 4.75. The van der Waals surface area contributed by atoms with Crippen LogP contribution >= 0.6 is 15.9 Å². The molecule has 0 bridgehead atoms. The van der Waals surface area contributed by atoms with E-state index in [0.717, 1.165) is 17.1 Å². The Bertz CT molecular complexity index is 415. The average Bonchev–Trinajstić information content (AvgIpc) is 2.52. The van der Waals surface area contributed by atoms with E-state index in [2.05, 4.69) is 64.4 Å². The van der Waals surface area contributed by atoms with Crippen LogP contribution in [0.4, 0.5) is 0 Å². The minimum absolute atomic E-state index is 0.419. The van der Waals surface area contributed by atoms with Crippen molar-refractivity contribution in [3.05, 3.63) is 34.3 Å². The van der Waals surface area contributed by atoms with Gasteiger partial charge in [0.1, 0.15) is 0 Å². The second-order valence-corrected chi connectivity index (χ2v) is 7.27. The van der Waals surface area contributed by atoms with Crippen LogP contribution < -0.4 is 5.32 Å². The third-order valence-electron chi connectivity index (χ3n) is 4.68. The number of hydrogen-bond donors (Lipinski definition) is 1. The highest BCUT2D eigenvalue weighted by Crippen LogP contribution is 2.21. The van der Waals surface area contributed by atoms with Crippen molar-refractivity contribution < 1.29 is 0 Å². The van der Waals surface area contributed by atoms with E-state index in [0.29, 0.717) is 6.04 Å². The van der Waals surface area contributed by atoms with Crippen molar-refractivity contribution in [3.63, 3.8) is 0 Å². The number of nitrogens with zero attached hydrogens (tertiary/aromatic N) is 1. The molecule has 1 aliphatic carbocycles. The van der Waals surface area contributed by atoms with Crippen molar-refractivity contribution in [1.29, 1.82) is 0 Å². The van der Waals surface area contributed by atoms with Gasteiger partial charge in [-0.05, 0) is 64.0 Å². The molecule has 0 aliphatic heterocycles. The first-order valence-electron chi connectivity index (χ1n) is 8.36. The number of rotatable bonds is 7. The second-order valence-electron chi connectivity index (χ2n) is 6.36. The van der Waals surface area contributed by atoms with Crippen LogP contribution in [0.5, 0.6) is 0 Å². The maximum absolute atomic E-state index is 3.64. The summed E-state index contributed by atoms with van der Waals surface area (Å²) in [6.45, 7) is 4.54. The van der Waals surface area contributed by atoms with Gasteiger partial charge in [-0.1, -0.05) is 47.3 Å². The maximum Gasteiger partial charge on any atom is 0.0292 e. The van der Waals surface area contributed by atoms with Gasteiger partial charge in [0, 0.05) is 16.6 Å². The third-order valence-corrected chi connectivity index (χ3v) is 5.18. The second kappa shape index (κ2) is 8.92. The van der Waals surface area contributed by atoms with Gasteiger partial charge in [-0.2, -0.15) is 0 Å². The lowest BCUT2D eigenvalue weighted by atomic mass is 9.94. The summed E-state index contributed by atoms with van der Waals surface area (Å²) in [5.41, 5.74) is 1.35. The fourth-order valence-electron chi connectivity index (χ4n) is 3.25. The molecule has 21 heavy (non-hydrogen) atoms. The molecule has 0 aromatic heterocycles. The number of benzene rings is 1. The molecule has 1 aromatic rings. The zero-order chi connectivity index (χ0) is 15.1. The van der Waals surface area contributed by atoms with Gasteiger partial charge in [-0.15, -0.1) is 0 Å². The van der Waals surface area contributed by atoms with Crippen LogP contribution in [0.15, 0.2) is 28.7 Å². The maximum atomic E-state index is 3.64. The molecule has 0 heterocycles. The molecule has 1 N–H and O–H groups in total. The van der Waals surface area contributed by atoms with Crippen LogP contribution in [-0.2, 0) is 0 Å². The largest absolute Gasteiger partial charge is 0.310 e. The first-order valence-corrected chi connectivity index (χ1v) is 9.15. The number of halogens is 1. The number of nitrogens with one attached hydrogen (secondary N) is 1. The van der Waals surface area contributed by atoms with Gasteiger partial charge in [0.2, 0.25) is 0 Å². The predicted molar refractivity (Wildman–Crippen MR) is 94.7 cm³/mol. The van der Waals surface area contributed by atoms with Crippen molar-refractivity contribution in [1.82, 2.24) is 10.2 Å². The fraction of sp³-hybridized carbons (Fsp3) is 0.667. The molecular weight excluding hydrogens is 324 g/mol. The van der Waals surface area contributed by atoms with Crippen LogP contribution in [0.25, 0.3) is 0 Å². The topological polar surface area (TPSA) is 15.3 Å². The van der Waals surface area contributed by atoms with E-state index >= 15 is 0 Å². The van der Waals surface area contributed by atoms with Gasteiger partial charge < -0.3 is 10.2 Å². The summed E-state index contributed by atoms with van der Waals surface area (Å²) in [6.07, 6.45) is 8.32. The molecule has 1 atom stereocenters. The van der Waals surface area contributed by atoms with Crippen molar-refractivity contribution in [2.75, 3.05) is 20.1 Å². The van der Waals surface area contributed by atoms with E-state index in [4.69, 9.17) is 0 Å². The Morgan fingerprint density at radius 2 is 2.05 bits per heavy atom. The first kappa shape index (κ1) is 17.0.